The van der Waals surface area contributed by atoms with E-state index in [4.69, 9.17) is 5.14 Å². The Bertz CT molecular complexity index is 502. The minimum Gasteiger partial charge on any atom is -0.423 e. The van der Waals surface area contributed by atoms with E-state index in [9.17, 15) is 18.5 Å². The van der Waals surface area contributed by atoms with E-state index < -0.39 is 23.4 Å². The zero-order chi connectivity index (χ0) is 11.2. The van der Waals surface area contributed by atoms with Crippen molar-refractivity contribution in [3.8, 4) is 0 Å². The number of primary sulfonamides is 1. The van der Waals surface area contributed by atoms with E-state index in [1.165, 1.54) is 18.2 Å². The molecule has 2 rings (SSSR count). The number of rotatable bonds is 1. The zero-order valence-electron chi connectivity index (χ0n) is 7.49. The molecule has 0 fully saturated rings. The van der Waals surface area contributed by atoms with Gasteiger partial charge in [-0.15, -0.1) is 0 Å². The summed E-state index contributed by atoms with van der Waals surface area (Å²) in [6, 6.07) is 3.79. The lowest BCUT2D eigenvalue weighted by molar-refractivity contribution is -0.0220. The summed E-state index contributed by atoms with van der Waals surface area (Å²) in [5.41, 5.74) is 0.559. The molecule has 1 atom stereocenters. The van der Waals surface area contributed by atoms with Gasteiger partial charge in [0, 0.05) is 5.56 Å². The van der Waals surface area contributed by atoms with E-state index in [1.807, 2.05) is 0 Å². The van der Waals surface area contributed by atoms with Crippen molar-refractivity contribution >= 4 is 22.6 Å². The van der Waals surface area contributed by atoms with Crippen molar-refractivity contribution in [1.29, 1.82) is 0 Å². The molecule has 1 heterocycles. The van der Waals surface area contributed by atoms with Gasteiger partial charge in [0.05, 0.1) is 4.90 Å². The van der Waals surface area contributed by atoms with Gasteiger partial charge in [0.1, 0.15) is 0 Å². The summed E-state index contributed by atoms with van der Waals surface area (Å²) in [7, 11) is -5.05. The van der Waals surface area contributed by atoms with Crippen LogP contribution in [0.3, 0.4) is 0 Å². The molecule has 15 heavy (non-hydrogen) atoms. The Labute approximate surface area is 86.5 Å². The fourth-order valence-electron chi connectivity index (χ4n) is 1.44. The van der Waals surface area contributed by atoms with Crippen LogP contribution >= 0.6 is 0 Å². The summed E-state index contributed by atoms with van der Waals surface area (Å²) in [5.74, 6) is 0. The molecule has 0 amide bonds. The predicted octanol–water partition coefficient (Wildman–Crippen LogP) is -1.96. The van der Waals surface area contributed by atoms with Gasteiger partial charge in [0.2, 0.25) is 10.0 Å². The van der Waals surface area contributed by atoms with Crippen LogP contribution in [0.5, 0.6) is 0 Å². The summed E-state index contributed by atoms with van der Waals surface area (Å²) in [6.07, 6.45) is -1.32. The lowest BCUT2D eigenvalue weighted by atomic mass is 9.80. The normalized spacial score (nSPS) is 20.5. The molecule has 1 aliphatic rings. The molecule has 1 aromatic rings. The van der Waals surface area contributed by atoms with E-state index in [0.717, 1.165) is 0 Å². The molecule has 1 aliphatic heterocycles. The van der Waals surface area contributed by atoms with E-state index in [1.54, 1.807) is 0 Å². The molecule has 0 aliphatic carbocycles. The highest BCUT2D eigenvalue weighted by Crippen LogP contribution is 2.22. The first-order valence-corrected chi connectivity index (χ1v) is 5.62. The number of sulfonamides is 1. The Hall–Kier alpha value is -0.925. The van der Waals surface area contributed by atoms with Crippen LogP contribution in [0.1, 0.15) is 11.9 Å². The van der Waals surface area contributed by atoms with Gasteiger partial charge >= 0.3 is 7.12 Å². The Balaban J connectivity index is 2.57. The second kappa shape index (κ2) is 3.29. The highest BCUT2D eigenvalue weighted by atomic mass is 32.2. The first-order valence-electron chi connectivity index (χ1n) is 4.08. The molecule has 0 spiro atoms. The monoisotopic (exact) mass is 229 g/mol. The predicted molar refractivity (Wildman–Crippen MR) is 51.5 cm³/mol. The average molecular weight is 229 g/mol. The van der Waals surface area contributed by atoms with Crippen molar-refractivity contribution in [2.75, 3.05) is 0 Å². The number of fused-ring (bicyclic) bond motifs is 1. The molecule has 0 aromatic heterocycles. The molecule has 0 bridgehead atoms. The highest BCUT2D eigenvalue weighted by molar-refractivity contribution is 7.89. The fraction of sp³-hybridized carbons (Fsp3) is 0.143. The van der Waals surface area contributed by atoms with Gasteiger partial charge in [-0.2, -0.15) is 0 Å². The number of hydrogen-bond acceptors (Lipinski definition) is 5. The molecule has 4 N–H and O–H groups in total. The maximum Gasteiger partial charge on any atom is 0.493 e. The van der Waals surface area contributed by atoms with Crippen molar-refractivity contribution in [2.24, 2.45) is 5.14 Å². The topological polar surface area (TPSA) is 110 Å². The van der Waals surface area contributed by atoms with Crippen LogP contribution in [-0.2, 0) is 14.7 Å². The quantitative estimate of drug-likeness (QED) is 0.484. The Morgan fingerprint density at radius 3 is 2.73 bits per heavy atom. The molecule has 8 heteroatoms. The maximum atomic E-state index is 11.0. The summed E-state index contributed by atoms with van der Waals surface area (Å²) >= 11 is 0. The highest BCUT2D eigenvalue weighted by Gasteiger charge is 2.34. The van der Waals surface area contributed by atoms with Crippen LogP contribution in [0, 0.1) is 0 Å². The lowest BCUT2D eigenvalue weighted by Gasteiger charge is -2.04. The third-order valence-corrected chi connectivity index (χ3v) is 3.09. The number of nitrogens with two attached hydrogens (primary N) is 1. The third kappa shape index (κ3) is 1.77. The number of hydrogen-bond donors (Lipinski definition) is 3. The molecule has 0 radical (unpaired) electrons. The van der Waals surface area contributed by atoms with Gasteiger partial charge in [0.25, 0.3) is 0 Å². The van der Waals surface area contributed by atoms with E-state index >= 15 is 0 Å². The average Bonchev–Trinajstić information content (AvgIpc) is 2.41. The van der Waals surface area contributed by atoms with Gasteiger partial charge in [-0.05, 0) is 17.6 Å². The lowest BCUT2D eigenvalue weighted by Crippen LogP contribution is -2.28. The third-order valence-electron chi connectivity index (χ3n) is 2.18. The first kappa shape index (κ1) is 10.6. The van der Waals surface area contributed by atoms with Gasteiger partial charge in [-0.25, -0.2) is 13.6 Å². The molecule has 1 aromatic carbocycles. The van der Waals surface area contributed by atoms with E-state index in [0.29, 0.717) is 5.46 Å². The number of aliphatic hydroxyl groups excluding tert-OH is 1. The molecular formula is C7H8BNO5S. The Morgan fingerprint density at radius 2 is 2.13 bits per heavy atom. The smallest absolute Gasteiger partial charge is 0.423 e. The summed E-state index contributed by atoms with van der Waals surface area (Å²) in [5, 5.41) is 23.5. The van der Waals surface area contributed by atoms with Gasteiger partial charge in [-0.1, -0.05) is 6.07 Å². The van der Waals surface area contributed by atoms with Crippen molar-refractivity contribution < 1.29 is 23.2 Å². The van der Waals surface area contributed by atoms with Gasteiger partial charge < -0.3 is 14.8 Å². The molecule has 1 unspecified atom stereocenters. The minimum atomic E-state index is -3.81. The van der Waals surface area contributed by atoms with Crippen LogP contribution in [0.2, 0.25) is 0 Å². The van der Waals surface area contributed by atoms with Crippen LogP contribution in [-0.4, -0.2) is 25.7 Å². The molecule has 0 saturated heterocycles. The molecule has 0 saturated carbocycles. The minimum absolute atomic E-state index is 0.127. The zero-order valence-corrected chi connectivity index (χ0v) is 8.31. The van der Waals surface area contributed by atoms with E-state index in [2.05, 4.69) is 4.65 Å². The Kier molecular flexibility index (Phi) is 2.32. The number of benzene rings is 1. The van der Waals surface area contributed by atoms with Crippen molar-refractivity contribution in [3.63, 3.8) is 0 Å². The SMILES string of the molecule is NS(=O)(=O)c1ccc2c(c1)C(O)OB2O. The van der Waals surface area contributed by atoms with Crippen LogP contribution in [0.15, 0.2) is 23.1 Å². The molecule has 80 valence electrons. The van der Waals surface area contributed by atoms with Crippen molar-refractivity contribution in [2.45, 2.75) is 11.2 Å². The standard InChI is InChI=1S/C7H8BNO5S/c9-15(12,13)4-1-2-6-5(3-4)7(10)14-8(6)11/h1-3,7,10-11H,(H2,9,12,13). The van der Waals surface area contributed by atoms with Crippen molar-refractivity contribution in [3.05, 3.63) is 23.8 Å². The summed E-state index contributed by atoms with van der Waals surface area (Å²) in [4.78, 5) is -0.127. The van der Waals surface area contributed by atoms with E-state index in [-0.39, 0.29) is 10.5 Å². The summed E-state index contributed by atoms with van der Waals surface area (Å²) < 4.78 is 26.7. The summed E-state index contributed by atoms with van der Waals surface area (Å²) in [6.45, 7) is 0. The largest absolute Gasteiger partial charge is 0.493 e. The van der Waals surface area contributed by atoms with Crippen LogP contribution in [0.4, 0.5) is 0 Å². The second-order valence-electron chi connectivity index (χ2n) is 3.18. The fourth-order valence-corrected chi connectivity index (χ4v) is 1.99. The first-order chi connectivity index (χ1) is 6.89. The van der Waals surface area contributed by atoms with Gasteiger partial charge in [-0.3, -0.25) is 0 Å². The molecular weight excluding hydrogens is 221 g/mol. The van der Waals surface area contributed by atoms with Crippen molar-refractivity contribution in [1.82, 2.24) is 0 Å². The van der Waals surface area contributed by atoms with Crippen LogP contribution in [0.25, 0.3) is 0 Å². The second-order valence-corrected chi connectivity index (χ2v) is 4.74. The molecule has 6 nitrogen and oxygen atoms in total. The maximum absolute atomic E-state index is 11.0. The number of aliphatic hydroxyl groups is 1. The van der Waals surface area contributed by atoms with Crippen LogP contribution < -0.4 is 10.6 Å². The Morgan fingerprint density at radius 1 is 1.47 bits per heavy atom. The van der Waals surface area contributed by atoms with Gasteiger partial charge in [0.15, 0.2) is 6.29 Å².